The van der Waals surface area contributed by atoms with Gasteiger partial charge in [-0.2, -0.15) is 13.2 Å². The number of amides is 1. The zero-order chi connectivity index (χ0) is 21.4. The Bertz CT molecular complexity index is 554. The molecule has 0 aromatic carbocycles. The maximum Gasteiger partial charge on any atom is 0.490 e. The van der Waals surface area contributed by atoms with Crippen LogP contribution in [0.1, 0.15) is 20.3 Å². The summed E-state index contributed by atoms with van der Waals surface area (Å²) in [5.41, 5.74) is 0. The van der Waals surface area contributed by atoms with Gasteiger partial charge in [0.25, 0.3) is 0 Å². The van der Waals surface area contributed by atoms with Gasteiger partial charge < -0.3 is 25.7 Å². The van der Waals surface area contributed by atoms with Crippen molar-refractivity contribution in [2.45, 2.75) is 50.7 Å². The summed E-state index contributed by atoms with van der Waals surface area (Å²) in [7, 11) is 0. The van der Waals surface area contributed by atoms with Gasteiger partial charge in [0.1, 0.15) is 6.04 Å². The molecule has 1 rings (SSSR count). The Balaban J connectivity index is 0.000000821. The fourth-order valence-corrected chi connectivity index (χ4v) is 2.60. The van der Waals surface area contributed by atoms with Crippen molar-refractivity contribution in [3.8, 4) is 0 Å². The summed E-state index contributed by atoms with van der Waals surface area (Å²) >= 11 is 0. The number of carbonyl (C=O) groups is 3. The van der Waals surface area contributed by atoms with Gasteiger partial charge in [-0.25, -0.2) is 4.79 Å². The molecule has 0 unspecified atom stereocenters. The van der Waals surface area contributed by atoms with Crippen LogP contribution in [0.25, 0.3) is 0 Å². The molecule has 0 aliphatic carbocycles. The molecule has 0 saturated carbocycles. The van der Waals surface area contributed by atoms with E-state index in [1.807, 2.05) is 13.0 Å². The number of carboxylic acids is 2. The van der Waals surface area contributed by atoms with E-state index < -0.39 is 49.0 Å². The van der Waals surface area contributed by atoms with Crippen LogP contribution in [0.2, 0.25) is 0 Å². The molecule has 1 amide bonds. The standard InChI is InChI=1S/C13H22N2O5.C2HF3O2/c1-3-4-8-5-9(13(19)20)15-11(8)12(10(18)6-16)14-7(2)17;3-2(4,5)1(6)7/h3-4,8-12,15-16,18H,5-6H2,1-2H3,(H,14,17)(H,19,20);(H,6,7)/b4-3-;/t8-,9-,10+,11-,12+;/m1./s1. The third-order valence-electron chi connectivity index (χ3n) is 3.70. The average Bonchev–Trinajstić information content (AvgIpc) is 2.95. The quantitative estimate of drug-likeness (QED) is 0.326. The first kappa shape index (κ1) is 24.8. The topological polar surface area (TPSA) is 156 Å². The zero-order valence-electron chi connectivity index (χ0n) is 14.6. The Morgan fingerprint density at radius 1 is 1.30 bits per heavy atom. The van der Waals surface area contributed by atoms with E-state index in [1.165, 1.54) is 6.92 Å². The second-order valence-electron chi connectivity index (χ2n) is 5.79. The maximum atomic E-state index is 11.2. The van der Waals surface area contributed by atoms with E-state index in [4.69, 9.17) is 20.1 Å². The summed E-state index contributed by atoms with van der Waals surface area (Å²) in [5.74, 6) is -4.21. The third-order valence-corrected chi connectivity index (χ3v) is 3.70. The number of nitrogens with one attached hydrogen (secondary N) is 2. The first-order valence-electron chi connectivity index (χ1n) is 7.82. The number of aliphatic hydroxyl groups excluding tert-OH is 2. The highest BCUT2D eigenvalue weighted by Crippen LogP contribution is 2.26. The Labute approximate surface area is 152 Å². The molecular formula is C15H23F3N2O7. The number of carboxylic acid groups (broad SMARTS) is 2. The molecule has 0 aromatic rings. The number of aliphatic carboxylic acids is 2. The Kier molecular flexibility index (Phi) is 9.97. The largest absolute Gasteiger partial charge is 0.490 e. The number of hydrogen-bond donors (Lipinski definition) is 6. The molecule has 1 saturated heterocycles. The van der Waals surface area contributed by atoms with Gasteiger partial charge in [-0.15, -0.1) is 0 Å². The Hall–Kier alpha value is -2.18. The minimum Gasteiger partial charge on any atom is -0.480 e. The molecule has 0 radical (unpaired) electrons. The third kappa shape index (κ3) is 8.37. The lowest BCUT2D eigenvalue weighted by atomic mass is 9.90. The van der Waals surface area contributed by atoms with Crippen molar-refractivity contribution in [2.75, 3.05) is 6.61 Å². The molecule has 0 aromatic heterocycles. The molecular weight excluding hydrogens is 377 g/mol. The highest BCUT2D eigenvalue weighted by molar-refractivity contribution is 5.75. The summed E-state index contributed by atoms with van der Waals surface area (Å²) in [5, 5.41) is 40.7. The monoisotopic (exact) mass is 400 g/mol. The minimum absolute atomic E-state index is 0.140. The number of allylic oxidation sites excluding steroid dienone is 1. The normalized spacial score (nSPS) is 24.6. The van der Waals surface area contributed by atoms with Gasteiger partial charge >= 0.3 is 18.1 Å². The van der Waals surface area contributed by atoms with Gasteiger partial charge in [-0.3, -0.25) is 14.9 Å². The number of aliphatic hydroxyl groups is 2. The van der Waals surface area contributed by atoms with Crippen LogP contribution in [0.15, 0.2) is 12.2 Å². The number of carbonyl (C=O) groups excluding carboxylic acids is 1. The lowest BCUT2D eigenvalue weighted by molar-refractivity contribution is -0.192. The molecule has 1 fully saturated rings. The molecule has 156 valence electrons. The lowest BCUT2D eigenvalue weighted by Crippen LogP contribution is -2.57. The van der Waals surface area contributed by atoms with Crippen molar-refractivity contribution in [1.82, 2.24) is 10.6 Å². The van der Waals surface area contributed by atoms with E-state index in [1.54, 1.807) is 6.08 Å². The molecule has 0 spiro atoms. The molecule has 1 aliphatic rings. The summed E-state index contributed by atoms with van der Waals surface area (Å²) in [4.78, 5) is 31.2. The zero-order valence-corrected chi connectivity index (χ0v) is 14.6. The highest BCUT2D eigenvalue weighted by Gasteiger charge is 2.42. The molecule has 27 heavy (non-hydrogen) atoms. The first-order valence-corrected chi connectivity index (χ1v) is 7.82. The van der Waals surface area contributed by atoms with Gasteiger partial charge in [-0.1, -0.05) is 12.2 Å². The summed E-state index contributed by atoms with van der Waals surface area (Å²) < 4.78 is 31.7. The van der Waals surface area contributed by atoms with Crippen molar-refractivity contribution in [3.63, 3.8) is 0 Å². The Morgan fingerprint density at radius 2 is 1.81 bits per heavy atom. The molecule has 5 atom stereocenters. The molecule has 0 bridgehead atoms. The number of halogens is 3. The maximum absolute atomic E-state index is 11.2. The van der Waals surface area contributed by atoms with Crippen molar-refractivity contribution in [2.24, 2.45) is 5.92 Å². The molecule has 1 aliphatic heterocycles. The number of hydrogen-bond acceptors (Lipinski definition) is 6. The van der Waals surface area contributed by atoms with E-state index in [0.717, 1.165) is 0 Å². The van der Waals surface area contributed by atoms with Gasteiger partial charge in [0.05, 0.1) is 18.8 Å². The predicted octanol–water partition coefficient (Wildman–Crippen LogP) is -0.515. The van der Waals surface area contributed by atoms with Gasteiger partial charge in [-0.05, 0) is 19.3 Å². The van der Waals surface area contributed by atoms with Crippen LogP contribution >= 0.6 is 0 Å². The number of rotatable bonds is 6. The van der Waals surface area contributed by atoms with E-state index in [2.05, 4.69) is 10.6 Å². The van der Waals surface area contributed by atoms with Gasteiger partial charge in [0.15, 0.2) is 0 Å². The highest BCUT2D eigenvalue weighted by atomic mass is 19.4. The van der Waals surface area contributed by atoms with Crippen LogP contribution in [-0.4, -0.2) is 75.3 Å². The summed E-state index contributed by atoms with van der Waals surface area (Å²) in [6.45, 7) is 2.62. The first-order chi connectivity index (χ1) is 12.3. The van der Waals surface area contributed by atoms with Crippen LogP contribution in [0.3, 0.4) is 0 Å². The SMILES string of the molecule is C/C=C\[C@@H]1C[C@H](C(=O)O)N[C@H]1[C@@H](NC(C)=O)[C@@H](O)CO.O=C(O)C(F)(F)F. The van der Waals surface area contributed by atoms with Crippen molar-refractivity contribution in [1.29, 1.82) is 0 Å². The van der Waals surface area contributed by atoms with Crippen molar-refractivity contribution in [3.05, 3.63) is 12.2 Å². The average molecular weight is 400 g/mol. The number of alkyl halides is 3. The van der Waals surface area contributed by atoms with Gasteiger partial charge in [0, 0.05) is 13.0 Å². The second kappa shape index (κ2) is 10.8. The predicted molar refractivity (Wildman–Crippen MR) is 85.7 cm³/mol. The summed E-state index contributed by atoms with van der Waals surface area (Å²) in [6.07, 6.45) is -2.21. The fourth-order valence-electron chi connectivity index (χ4n) is 2.60. The van der Waals surface area contributed by atoms with Crippen LogP contribution < -0.4 is 10.6 Å². The van der Waals surface area contributed by atoms with E-state index in [-0.39, 0.29) is 11.8 Å². The Morgan fingerprint density at radius 3 is 2.15 bits per heavy atom. The van der Waals surface area contributed by atoms with Crippen LogP contribution in [0.5, 0.6) is 0 Å². The van der Waals surface area contributed by atoms with Gasteiger partial charge in [0.2, 0.25) is 5.91 Å². The second-order valence-corrected chi connectivity index (χ2v) is 5.79. The smallest absolute Gasteiger partial charge is 0.480 e. The van der Waals surface area contributed by atoms with Crippen LogP contribution in [0, 0.1) is 5.92 Å². The summed E-state index contributed by atoms with van der Waals surface area (Å²) in [6, 6.07) is -1.93. The van der Waals surface area contributed by atoms with Crippen molar-refractivity contribution < 1.29 is 48.0 Å². The van der Waals surface area contributed by atoms with Crippen LogP contribution in [0.4, 0.5) is 13.2 Å². The molecule has 9 nitrogen and oxygen atoms in total. The van der Waals surface area contributed by atoms with E-state index in [0.29, 0.717) is 6.42 Å². The molecule has 12 heteroatoms. The minimum atomic E-state index is -5.08. The van der Waals surface area contributed by atoms with Crippen LogP contribution in [-0.2, 0) is 14.4 Å². The fraction of sp³-hybridized carbons (Fsp3) is 0.667. The lowest BCUT2D eigenvalue weighted by Gasteiger charge is -2.31. The van der Waals surface area contributed by atoms with E-state index in [9.17, 15) is 27.9 Å². The molecule has 6 N–H and O–H groups in total. The van der Waals surface area contributed by atoms with E-state index >= 15 is 0 Å². The molecule has 1 heterocycles. The van der Waals surface area contributed by atoms with Crippen molar-refractivity contribution >= 4 is 17.8 Å².